The molecular weight excluding hydrogens is 355 g/mol. The highest BCUT2D eigenvalue weighted by Crippen LogP contribution is 2.29. The number of aromatic nitrogens is 2. The number of nitrogens with zero attached hydrogens (tertiary/aromatic N) is 2. The van der Waals surface area contributed by atoms with Crippen LogP contribution < -0.4 is 11.2 Å². The summed E-state index contributed by atoms with van der Waals surface area (Å²) < 4.78 is 7.67. The lowest BCUT2D eigenvalue weighted by atomic mass is 9.98. The van der Waals surface area contributed by atoms with Gasteiger partial charge in [0.2, 0.25) is 0 Å². The molecule has 100 valence electrons. The van der Waals surface area contributed by atoms with Gasteiger partial charge in [-0.05, 0) is 0 Å². The summed E-state index contributed by atoms with van der Waals surface area (Å²) in [7, 11) is 0. The van der Waals surface area contributed by atoms with E-state index in [-0.39, 0.29) is 31.8 Å². The van der Waals surface area contributed by atoms with Crippen LogP contribution in [-0.4, -0.2) is 43.5 Å². The smallest absolute Gasteiger partial charge is 0.340 e. The summed E-state index contributed by atoms with van der Waals surface area (Å²) in [4.78, 5) is 23.3. The first-order valence-corrected chi connectivity index (χ1v) is 6.40. The summed E-state index contributed by atoms with van der Waals surface area (Å²) in [5.41, 5.74) is -0.858. The zero-order valence-corrected chi connectivity index (χ0v) is 11.6. The van der Waals surface area contributed by atoms with Crippen molar-refractivity contribution in [2.75, 3.05) is 19.8 Å². The molecule has 3 unspecified atom stereocenters. The second-order valence-corrected chi connectivity index (χ2v) is 5.06. The zero-order valence-electron chi connectivity index (χ0n) is 9.40. The summed E-state index contributed by atoms with van der Waals surface area (Å²) in [5.74, 6) is -0.360. The third-order valence-electron chi connectivity index (χ3n) is 3.16. The lowest BCUT2D eigenvalue weighted by molar-refractivity contribution is 0.0268. The molecule has 1 fully saturated rings. The van der Waals surface area contributed by atoms with Crippen molar-refractivity contribution >= 4 is 22.9 Å². The van der Waals surface area contributed by atoms with E-state index in [1.165, 1.54) is 16.8 Å². The van der Waals surface area contributed by atoms with E-state index >= 15 is 0 Å². The van der Waals surface area contributed by atoms with Crippen LogP contribution in [0.3, 0.4) is 0 Å². The molecule has 8 heteroatoms. The monoisotopic (exact) mass is 368 g/mol. The van der Waals surface area contributed by atoms with E-state index in [0.29, 0.717) is 0 Å². The van der Waals surface area contributed by atoms with Crippen molar-refractivity contribution in [3.63, 3.8) is 0 Å². The van der Waals surface area contributed by atoms with Gasteiger partial charge in [-0.2, -0.15) is 2.78 Å². The Morgan fingerprint density at radius 3 is 2.72 bits per heavy atom. The molecule has 0 spiro atoms. The van der Waals surface area contributed by atoms with Crippen LogP contribution in [0.25, 0.3) is 0 Å². The Hall–Kier alpha value is -0.710. The highest BCUT2D eigenvalue weighted by molar-refractivity contribution is 14.1. The van der Waals surface area contributed by atoms with Crippen molar-refractivity contribution in [3.8, 4) is 0 Å². The number of hydrogen-bond acceptors (Lipinski definition) is 5. The Morgan fingerprint density at radius 1 is 1.39 bits per heavy atom. The fourth-order valence-corrected chi connectivity index (χ4v) is 2.56. The quantitative estimate of drug-likeness (QED) is 0.651. The molecule has 0 aromatic carbocycles. The van der Waals surface area contributed by atoms with E-state index < -0.39 is 17.4 Å². The molecule has 2 heterocycles. The minimum absolute atomic E-state index is 0.192. The first-order chi connectivity index (χ1) is 8.60. The third-order valence-corrected chi connectivity index (χ3v) is 4.05. The standard InChI is InChI=1S/C10H13IN2O5/c11-13-9(16)1-2-12(10(13)17)7-5-18-8(4-15)6(7)3-14/h1-2,6-8,14-15H,3-5H2. The topological polar surface area (TPSA) is 93.7 Å². The number of halogens is 1. The molecule has 0 amide bonds. The van der Waals surface area contributed by atoms with Gasteiger partial charge in [-0.15, -0.1) is 0 Å². The molecule has 0 saturated carbocycles. The molecular formula is C10H13IN2O5. The molecule has 0 aliphatic carbocycles. The lowest BCUT2D eigenvalue weighted by Crippen LogP contribution is -2.39. The van der Waals surface area contributed by atoms with Gasteiger partial charge >= 0.3 is 5.69 Å². The first-order valence-electron chi connectivity index (χ1n) is 5.43. The number of aliphatic hydroxyl groups is 2. The van der Waals surface area contributed by atoms with Crippen molar-refractivity contribution in [1.82, 2.24) is 7.35 Å². The van der Waals surface area contributed by atoms with Gasteiger partial charge in [-0.3, -0.25) is 9.36 Å². The maximum atomic E-state index is 12.0. The fraction of sp³-hybridized carbons (Fsp3) is 0.600. The van der Waals surface area contributed by atoms with E-state index in [1.54, 1.807) is 22.9 Å². The summed E-state index contributed by atoms with van der Waals surface area (Å²) in [6, 6.07) is 0.912. The second kappa shape index (κ2) is 5.51. The van der Waals surface area contributed by atoms with E-state index in [4.69, 9.17) is 9.84 Å². The summed E-state index contributed by atoms with van der Waals surface area (Å²) in [6.45, 7) is -0.172. The number of ether oxygens (including phenoxy) is 1. The van der Waals surface area contributed by atoms with E-state index in [9.17, 15) is 14.7 Å². The van der Waals surface area contributed by atoms with Crippen LogP contribution in [0.15, 0.2) is 21.9 Å². The Morgan fingerprint density at radius 2 is 2.11 bits per heavy atom. The van der Waals surface area contributed by atoms with Gasteiger partial charge in [-0.1, -0.05) is 0 Å². The molecule has 7 nitrogen and oxygen atoms in total. The average Bonchev–Trinajstić information content (AvgIpc) is 2.78. The van der Waals surface area contributed by atoms with E-state index in [0.717, 1.165) is 2.78 Å². The van der Waals surface area contributed by atoms with Crippen LogP contribution in [0.1, 0.15) is 6.04 Å². The summed E-state index contributed by atoms with van der Waals surface area (Å²) in [5, 5.41) is 18.5. The Kier molecular flexibility index (Phi) is 4.20. The molecule has 0 bridgehead atoms. The number of rotatable bonds is 3. The molecule has 1 aliphatic rings. The Bertz CT molecular complexity index is 540. The van der Waals surface area contributed by atoms with Crippen molar-refractivity contribution in [1.29, 1.82) is 0 Å². The molecule has 2 rings (SSSR count). The highest BCUT2D eigenvalue weighted by Gasteiger charge is 2.38. The molecule has 1 aliphatic heterocycles. The minimum atomic E-state index is -0.485. The van der Waals surface area contributed by atoms with Gasteiger partial charge in [0.1, 0.15) is 0 Å². The van der Waals surface area contributed by atoms with Gasteiger partial charge in [0.15, 0.2) is 0 Å². The van der Waals surface area contributed by atoms with Crippen LogP contribution >= 0.6 is 22.9 Å². The summed E-state index contributed by atoms with van der Waals surface area (Å²) >= 11 is 1.63. The van der Waals surface area contributed by atoms with Crippen LogP contribution in [0.5, 0.6) is 0 Å². The largest absolute Gasteiger partial charge is 0.396 e. The van der Waals surface area contributed by atoms with Gasteiger partial charge in [0, 0.05) is 18.2 Å². The number of aliphatic hydroxyl groups excluding tert-OH is 2. The van der Waals surface area contributed by atoms with E-state index in [2.05, 4.69) is 0 Å². The van der Waals surface area contributed by atoms with Crippen LogP contribution in [0, 0.1) is 5.92 Å². The predicted molar refractivity (Wildman–Crippen MR) is 70.8 cm³/mol. The van der Waals surface area contributed by atoms with Crippen LogP contribution in [-0.2, 0) is 4.74 Å². The van der Waals surface area contributed by atoms with Gasteiger partial charge in [0.05, 0.1) is 54.8 Å². The molecule has 3 atom stereocenters. The number of hydrogen-bond donors (Lipinski definition) is 2. The molecule has 2 N–H and O–H groups in total. The minimum Gasteiger partial charge on any atom is -0.396 e. The van der Waals surface area contributed by atoms with Crippen molar-refractivity contribution < 1.29 is 14.9 Å². The maximum absolute atomic E-state index is 12.0. The van der Waals surface area contributed by atoms with Crippen LogP contribution in [0.4, 0.5) is 0 Å². The van der Waals surface area contributed by atoms with Crippen LogP contribution in [0.2, 0.25) is 0 Å². The molecule has 1 aromatic heterocycles. The average molecular weight is 368 g/mol. The maximum Gasteiger partial charge on any atom is 0.340 e. The second-order valence-electron chi connectivity index (χ2n) is 4.09. The molecule has 0 radical (unpaired) electrons. The lowest BCUT2D eigenvalue weighted by Gasteiger charge is -2.21. The van der Waals surface area contributed by atoms with Gasteiger partial charge in [0.25, 0.3) is 5.56 Å². The van der Waals surface area contributed by atoms with Crippen molar-refractivity contribution in [2.45, 2.75) is 12.1 Å². The zero-order chi connectivity index (χ0) is 13.3. The molecule has 18 heavy (non-hydrogen) atoms. The molecule has 1 saturated heterocycles. The summed E-state index contributed by atoms with van der Waals surface area (Å²) in [6.07, 6.45) is 0.914. The first kappa shape index (κ1) is 13.7. The normalized spacial score (nSPS) is 27.6. The Labute approximate surface area is 116 Å². The van der Waals surface area contributed by atoms with Crippen molar-refractivity contribution in [3.05, 3.63) is 33.1 Å². The molecule has 1 aromatic rings. The highest BCUT2D eigenvalue weighted by atomic mass is 127. The van der Waals surface area contributed by atoms with Crippen molar-refractivity contribution in [2.24, 2.45) is 5.92 Å². The predicted octanol–water partition coefficient (Wildman–Crippen LogP) is -1.25. The Balaban J connectivity index is 2.41. The van der Waals surface area contributed by atoms with E-state index in [1.807, 2.05) is 0 Å². The van der Waals surface area contributed by atoms with Gasteiger partial charge < -0.3 is 14.9 Å². The fourth-order valence-electron chi connectivity index (χ4n) is 2.15. The third kappa shape index (κ3) is 2.25. The van der Waals surface area contributed by atoms with Gasteiger partial charge in [-0.25, -0.2) is 4.79 Å². The SMILES string of the molecule is O=c1ccn(C2COC(CO)C2CO)c(=O)n1I.